The van der Waals surface area contributed by atoms with Crippen molar-refractivity contribution in [3.8, 4) is 16.5 Å². The molecule has 0 spiro atoms. The number of imidazole rings is 1. The number of methoxy groups -OCH3 is 1. The Hall–Kier alpha value is -1.88. The summed E-state index contributed by atoms with van der Waals surface area (Å²) in [5.41, 5.74) is 4.75. The summed E-state index contributed by atoms with van der Waals surface area (Å²) in [6, 6.07) is 5.80. The van der Waals surface area contributed by atoms with Gasteiger partial charge >= 0.3 is 0 Å². The van der Waals surface area contributed by atoms with E-state index in [1.54, 1.807) is 18.4 Å². The van der Waals surface area contributed by atoms with Crippen LogP contribution in [0.25, 0.3) is 21.7 Å². The van der Waals surface area contributed by atoms with E-state index in [1.807, 2.05) is 30.6 Å². The van der Waals surface area contributed by atoms with Crippen LogP contribution in [0.5, 0.6) is 5.75 Å². The zero-order valence-electron chi connectivity index (χ0n) is 9.52. The number of nitrogens with zero attached hydrogens (tertiary/aromatic N) is 2. The quantitative estimate of drug-likeness (QED) is 0.755. The molecule has 0 aliphatic heterocycles. The molecule has 0 bridgehead atoms. The zero-order valence-corrected chi connectivity index (χ0v) is 10.3. The van der Waals surface area contributed by atoms with Gasteiger partial charge in [-0.1, -0.05) is 0 Å². The summed E-state index contributed by atoms with van der Waals surface area (Å²) in [7, 11) is 1.66. The van der Waals surface area contributed by atoms with Crippen LogP contribution in [0.2, 0.25) is 0 Å². The number of H-pyrrole nitrogens is 1. The molecule has 1 N–H and O–H groups in total. The Morgan fingerprint density at radius 2 is 2.24 bits per heavy atom. The van der Waals surface area contributed by atoms with E-state index in [-0.39, 0.29) is 0 Å². The van der Waals surface area contributed by atoms with E-state index in [0.717, 1.165) is 33.2 Å². The Bertz CT molecular complexity index is 671. The van der Waals surface area contributed by atoms with E-state index in [1.165, 1.54) is 0 Å². The zero-order chi connectivity index (χ0) is 11.8. The summed E-state index contributed by atoms with van der Waals surface area (Å²) >= 11 is 1.59. The minimum absolute atomic E-state index is 0.828. The molecule has 0 fully saturated rings. The molecular formula is C12H11N3OS. The van der Waals surface area contributed by atoms with E-state index in [4.69, 9.17) is 4.74 Å². The summed E-state index contributed by atoms with van der Waals surface area (Å²) in [5, 5.41) is 0. The SMILES string of the molecule is COc1ccc2nc(-c3scnc3C)[nH]c2c1. The minimum atomic E-state index is 0.828. The Morgan fingerprint density at radius 1 is 1.35 bits per heavy atom. The van der Waals surface area contributed by atoms with E-state index in [9.17, 15) is 0 Å². The van der Waals surface area contributed by atoms with Crippen LogP contribution in [0.3, 0.4) is 0 Å². The number of nitrogens with one attached hydrogen (secondary N) is 1. The normalized spacial score (nSPS) is 10.9. The number of hydrogen-bond acceptors (Lipinski definition) is 4. The summed E-state index contributed by atoms with van der Waals surface area (Å²) in [6.45, 7) is 1.99. The molecule has 2 heterocycles. The second-order valence-electron chi connectivity index (χ2n) is 3.74. The highest BCUT2D eigenvalue weighted by Crippen LogP contribution is 2.27. The summed E-state index contributed by atoms with van der Waals surface area (Å²) in [6.07, 6.45) is 0. The van der Waals surface area contributed by atoms with Gasteiger partial charge in [-0.05, 0) is 19.1 Å². The predicted octanol–water partition coefficient (Wildman–Crippen LogP) is 3.00. The highest BCUT2D eigenvalue weighted by Gasteiger charge is 2.10. The van der Waals surface area contributed by atoms with Gasteiger partial charge in [0.15, 0.2) is 5.82 Å². The smallest absolute Gasteiger partial charge is 0.150 e. The number of ether oxygens (including phenoxy) is 1. The van der Waals surface area contributed by atoms with Crippen molar-refractivity contribution in [1.82, 2.24) is 15.0 Å². The Morgan fingerprint density at radius 3 is 2.94 bits per heavy atom. The van der Waals surface area contributed by atoms with Crippen molar-refractivity contribution >= 4 is 22.4 Å². The monoisotopic (exact) mass is 245 g/mol. The first-order chi connectivity index (χ1) is 8.28. The van der Waals surface area contributed by atoms with Gasteiger partial charge in [-0.2, -0.15) is 0 Å². The number of fused-ring (bicyclic) bond motifs is 1. The number of aromatic amines is 1. The fourth-order valence-electron chi connectivity index (χ4n) is 1.75. The van der Waals surface area contributed by atoms with Crippen molar-refractivity contribution in [2.75, 3.05) is 7.11 Å². The Labute approximate surface area is 102 Å². The molecule has 4 nitrogen and oxygen atoms in total. The van der Waals surface area contributed by atoms with Gasteiger partial charge in [0.25, 0.3) is 0 Å². The average molecular weight is 245 g/mol. The lowest BCUT2D eigenvalue weighted by atomic mass is 10.3. The van der Waals surface area contributed by atoms with E-state index in [2.05, 4.69) is 15.0 Å². The molecule has 3 rings (SSSR count). The number of thiazole rings is 1. The van der Waals surface area contributed by atoms with Crippen molar-refractivity contribution in [3.63, 3.8) is 0 Å². The lowest BCUT2D eigenvalue weighted by Crippen LogP contribution is -1.81. The van der Waals surface area contributed by atoms with Crippen LogP contribution >= 0.6 is 11.3 Å². The molecule has 0 aliphatic carbocycles. The molecule has 0 radical (unpaired) electrons. The fraction of sp³-hybridized carbons (Fsp3) is 0.167. The Balaban J connectivity index is 2.17. The van der Waals surface area contributed by atoms with Crippen molar-refractivity contribution in [2.45, 2.75) is 6.92 Å². The largest absolute Gasteiger partial charge is 0.497 e. The first-order valence-electron chi connectivity index (χ1n) is 5.22. The first kappa shape index (κ1) is 10.3. The van der Waals surface area contributed by atoms with Crippen molar-refractivity contribution < 1.29 is 4.74 Å². The molecule has 0 saturated carbocycles. The van der Waals surface area contributed by atoms with E-state index in [0.29, 0.717) is 0 Å². The maximum atomic E-state index is 5.19. The Kier molecular flexibility index (Phi) is 2.33. The van der Waals surface area contributed by atoms with Crippen LogP contribution in [-0.2, 0) is 0 Å². The number of aromatic nitrogens is 3. The third-order valence-corrected chi connectivity index (χ3v) is 3.58. The van der Waals surface area contributed by atoms with Gasteiger partial charge in [-0.15, -0.1) is 11.3 Å². The van der Waals surface area contributed by atoms with Crippen molar-refractivity contribution in [1.29, 1.82) is 0 Å². The molecule has 0 aliphatic rings. The van der Waals surface area contributed by atoms with Gasteiger partial charge < -0.3 is 9.72 Å². The van der Waals surface area contributed by atoms with Crippen LogP contribution in [0.15, 0.2) is 23.7 Å². The van der Waals surface area contributed by atoms with Gasteiger partial charge in [0.2, 0.25) is 0 Å². The van der Waals surface area contributed by atoms with Gasteiger partial charge in [0, 0.05) is 6.07 Å². The molecule has 86 valence electrons. The van der Waals surface area contributed by atoms with Gasteiger partial charge in [-0.3, -0.25) is 0 Å². The molecule has 5 heteroatoms. The summed E-state index contributed by atoms with van der Waals surface area (Å²) < 4.78 is 5.19. The van der Waals surface area contributed by atoms with Gasteiger partial charge in [0.1, 0.15) is 5.75 Å². The molecule has 17 heavy (non-hydrogen) atoms. The highest BCUT2D eigenvalue weighted by molar-refractivity contribution is 7.13. The lowest BCUT2D eigenvalue weighted by Gasteiger charge is -1.96. The molecule has 0 unspecified atom stereocenters. The minimum Gasteiger partial charge on any atom is -0.497 e. The summed E-state index contributed by atoms with van der Waals surface area (Å²) in [4.78, 5) is 13.2. The maximum absolute atomic E-state index is 5.19. The molecule has 1 aromatic carbocycles. The van der Waals surface area contributed by atoms with Crippen LogP contribution in [0.4, 0.5) is 0 Å². The average Bonchev–Trinajstić information content (AvgIpc) is 2.93. The summed E-state index contributed by atoms with van der Waals surface area (Å²) in [5.74, 6) is 1.70. The third-order valence-electron chi connectivity index (χ3n) is 2.65. The van der Waals surface area contributed by atoms with Crippen LogP contribution in [-0.4, -0.2) is 22.1 Å². The van der Waals surface area contributed by atoms with Crippen LogP contribution < -0.4 is 4.74 Å². The topological polar surface area (TPSA) is 50.8 Å². The second-order valence-corrected chi connectivity index (χ2v) is 4.59. The molecule has 2 aromatic heterocycles. The van der Waals surface area contributed by atoms with Crippen molar-refractivity contribution in [2.24, 2.45) is 0 Å². The predicted molar refractivity (Wildman–Crippen MR) is 68.5 cm³/mol. The van der Waals surface area contributed by atoms with Crippen LogP contribution in [0, 0.1) is 6.92 Å². The fourth-order valence-corrected chi connectivity index (χ4v) is 2.50. The maximum Gasteiger partial charge on any atom is 0.150 e. The molecule has 0 atom stereocenters. The van der Waals surface area contributed by atoms with Gasteiger partial charge in [0.05, 0.1) is 34.2 Å². The van der Waals surface area contributed by atoms with E-state index < -0.39 is 0 Å². The number of aryl methyl sites for hydroxylation is 1. The standard InChI is InChI=1S/C12H11N3OS/c1-7-11(17-6-13-7)12-14-9-4-3-8(16-2)5-10(9)15-12/h3-6H,1-2H3,(H,14,15). The highest BCUT2D eigenvalue weighted by atomic mass is 32.1. The third kappa shape index (κ3) is 1.68. The number of rotatable bonds is 2. The molecule has 3 aromatic rings. The number of hydrogen-bond donors (Lipinski definition) is 1. The molecule has 0 saturated heterocycles. The second kappa shape index (κ2) is 3.85. The number of benzene rings is 1. The van der Waals surface area contributed by atoms with Crippen molar-refractivity contribution in [3.05, 3.63) is 29.4 Å². The van der Waals surface area contributed by atoms with E-state index >= 15 is 0 Å². The van der Waals surface area contributed by atoms with Gasteiger partial charge in [-0.25, -0.2) is 9.97 Å². The lowest BCUT2D eigenvalue weighted by molar-refractivity contribution is 0.415. The van der Waals surface area contributed by atoms with Crippen LogP contribution in [0.1, 0.15) is 5.69 Å². The molecular weight excluding hydrogens is 234 g/mol. The molecule has 0 amide bonds. The first-order valence-corrected chi connectivity index (χ1v) is 6.10.